The van der Waals surface area contributed by atoms with Crippen molar-refractivity contribution >= 4 is 16.0 Å². The number of aliphatic carboxylic acids is 1. The van der Waals surface area contributed by atoms with Gasteiger partial charge in [-0.15, -0.1) is 0 Å². The number of carboxylic acid groups (broad SMARTS) is 1. The molecule has 1 N–H and O–H groups in total. The van der Waals surface area contributed by atoms with E-state index in [-0.39, 0.29) is 18.5 Å². The third-order valence-corrected chi connectivity index (χ3v) is 6.90. The first-order valence-electron chi connectivity index (χ1n) is 7.79. The molecule has 0 amide bonds. The van der Waals surface area contributed by atoms with Crippen LogP contribution in [0, 0.1) is 5.92 Å². The Morgan fingerprint density at radius 3 is 2.48 bits per heavy atom. The van der Waals surface area contributed by atoms with E-state index in [9.17, 15) is 18.3 Å². The van der Waals surface area contributed by atoms with Crippen molar-refractivity contribution in [1.29, 1.82) is 0 Å². The van der Waals surface area contributed by atoms with Crippen LogP contribution < -0.4 is 0 Å². The van der Waals surface area contributed by atoms with Crippen molar-refractivity contribution in [3.8, 4) is 0 Å². The van der Waals surface area contributed by atoms with Gasteiger partial charge in [0.15, 0.2) is 0 Å². The summed E-state index contributed by atoms with van der Waals surface area (Å²) in [6.07, 6.45) is 5.02. The van der Waals surface area contributed by atoms with Gasteiger partial charge < -0.3 is 9.84 Å². The number of nitrogens with zero attached hydrogens (tertiary/aromatic N) is 1. The molecule has 122 valence electrons. The molecule has 1 heterocycles. The van der Waals surface area contributed by atoms with Crippen LogP contribution in [0.2, 0.25) is 0 Å². The van der Waals surface area contributed by atoms with E-state index in [0.717, 1.165) is 19.3 Å². The average Bonchev–Trinajstić information content (AvgIpc) is 2.94. The minimum absolute atomic E-state index is 0.0976. The Bertz CT molecular complexity index is 458. The van der Waals surface area contributed by atoms with Crippen LogP contribution in [0.5, 0.6) is 0 Å². The Kier molecular flexibility index (Phi) is 5.62. The van der Waals surface area contributed by atoms with Crippen LogP contribution in [0.1, 0.15) is 45.4 Å². The fourth-order valence-electron chi connectivity index (χ4n) is 3.32. The number of carboxylic acids is 1. The van der Waals surface area contributed by atoms with Gasteiger partial charge in [-0.3, -0.25) is 4.79 Å². The summed E-state index contributed by atoms with van der Waals surface area (Å²) in [5, 5.41) is 8.92. The molecular weight excluding hydrogens is 294 g/mol. The molecule has 0 aromatic carbocycles. The van der Waals surface area contributed by atoms with E-state index in [1.165, 1.54) is 4.31 Å². The molecule has 1 aliphatic heterocycles. The van der Waals surface area contributed by atoms with E-state index >= 15 is 0 Å². The normalized spacial score (nSPS) is 28.1. The highest BCUT2D eigenvalue weighted by Gasteiger charge is 2.44. The van der Waals surface area contributed by atoms with Crippen LogP contribution >= 0.6 is 0 Å². The zero-order valence-corrected chi connectivity index (χ0v) is 13.3. The van der Waals surface area contributed by atoms with Gasteiger partial charge in [0.1, 0.15) is 0 Å². The van der Waals surface area contributed by atoms with Crippen molar-refractivity contribution in [1.82, 2.24) is 4.31 Å². The molecule has 2 fully saturated rings. The lowest BCUT2D eigenvalue weighted by Gasteiger charge is -2.34. The Labute approximate surface area is 126 Å². The molecule has 1 aliphatic carbocycles. The van der Waals surface area contributed by atoms with Gasteiger partial charge in [0.05, 0.1) is 30.4 Å². The quantitative estimate of drug-likeness (QED) is 0.801. The van der Waals surface area contributed by atoms with Crippen LogP contribution in [0.25, 0.3) is 0 Å². The summed E-state index contributed by atoms with van der Waals surface area (Å²) < 4.78 is 32.5. The van der Waals surface area contributed by atoms with Gasteiger partial charge in [-0.25, -0.2) is 8.42 Å². The maximum atomic E-state index is 12.9. The summed E-state index contributed by atoms with van der Waals surface area (Å²) >= 11 is 0. The van der Waals surface area contributed by atoms with Gasteiger partial charge in [-0.2, -0.15) is 4.31 Å². The number of carbonyl (C=O) groups is 1. The summed E-state index contributed by atoms with van der Waals surface area (Å²) in [5.41, 5.74) is 0. The van der Waals surface area contributed by atoms with E-state index in [0.29, 0.717) is 25.8 Å². The van der Waals surface area contributed by atoms with Gasteiger partial charge >= 0.3 is 5.97 Å². The highest BCUT2D eigenvalue weighted by Crippen LogP contribution is 2.30. The van der Waals surface area contributed by atoms with Gasteiger partial charge in [0.2, 0.25) is 10.0 Å². The first kappa shape index (κ1) is 16.7. The molecule has 2 rings (SSSR count). The molecule has 2 atom stereocenters. The molecule has 0 aromatic rings. The van der Waals surface area contributed by atoms with Crippen LogP contribution in [-0.2, 0) is 19.6 Å². The number of hydrogen-bond donors (Lipinski definition) is 1. The highest BCUT2D eigenvalue weighted by molar-refractivity contribution is 7.89. The van der Waals surface area contributed by atoms with Crippen molar-refractivity contribution in [2.45, 2.75) is 56.7 Å². The number of rotatable bonds is 6. The zero-order chi connectivity index (χ0) is 15.5. The number of sulfonamides is 1. The maximum absolute atomic E-state index is 12.9. The van der Waals surface area contributed by atoms with E-state index in [4.69, 9.17) is 4.74 Å². The minimum Gasteiger partial charge on any atom is -0.481 e. The smallest absolute Gasteiger partial charge is 0.310 e. The molecule has 0 spiro atoms. The predicted molar refractivity (Wildman–Crippen MR) is 78.5 cm³/mol. The van der Waals surface area contributed by atoms with Gasteiger partial charge in [-0.05, 0) is 19.3 Å². The molecule has 2 aliphatic rings. The minimum atomic E-state index is -3.45. The second-order valence-electron chi connectivity index (χ2n) is 5.97. The number of ether oxygens (including phenoxy) is 1. The first-order chi connectivity index (χ1) is 9.98. The molecule has 1 saturated heterocycles. The van der Waals surface area contributed by atoms with Crippen LogP contribution in [0.4, 0.5) is 0 Å². The van der Waals surface area contributed by atoms with Crippen molar-refractivity contribution in [2.75, 3.05) is 19.8 Å². The molecule has 0 bridgehead atoms. The summed E-state index contributed by atoms with van der Waals surface area (Å²) in [4.78, 5) is 11.3. The van der Waals surface area contributed by atoms with Gasteiger partial charge in [0, 0.05) is 6.54 Å². The molecule has 0 aromatic heterocycles. The Hall–Kier alpha value is -0.660. The molecule has 7 heteroatoms. The Morgan fingerprint density at radius 1 is 1.24 bits per heavy atom. The molecule has 21 heavy (non-hydrogen) atoms. The SMILES string of the molecule is CCCN(C1COCC1C(=O)O)S(=O)(=O)C1CCCCC1. The average molecular weight is 319 g/mol. The van der Waals surface area contributed by atoms with Crippen molar-refractivity contribution in [3.63, 3.8) is 0 Å². The monoisotopic (exact) mass is 319 g/mol. The topological polar surface area (TPSA) is 83.9 Å². The third-order valence-electron chi connectivity index (χ3n) is 4.48. The second-order valence-corrected chi connectivity index (χ2v) is 8.13. The lowest BCUT2D eigenvalue weighted by molar-refractivity contribution is -0.142. The fourth-order valence-corrected chi connectivity index (χ4v) is 5.65. The lowest BCUT2D eigenvalue weighted by atomic mass is 10.0. The van der Waals surface area contributed by atoms with E-state index in [1.807, 2.05) is 6.92 Å². The van der Waals surface area contributed by atoms with Crippen molar-refractivity contribution in [3.05, 3.63) is 0 Å². The largest absolute Gasteiger partial charge is 0.481 e. The van der Waals surface area contributed by atoms with E-state index in [1.54, 1.807) is 0 Å². The van der Waals surface area contributed by atoms with Gasteiger partial charge in [-0.1, -0.05) is 26.2 Å². The molecule has 6 nitrogen and oxygen atoms in total. The van der Waals surface area contributed by atoms with Crippen LogP contribution in [-0.4, -0.2) is 54.8 Å². The zero-order valence-electron chi connectivity index (χ0n) is 12.5. The predicted octanol–water partition coefficient (Wildman–Crippen LogP) is 1.46. The van der Waals surface area contributed by atoms with Gasteiger partial charge in [0.25, 0.3) is 0 Å². The third kappa shape index (κ3) is 3.57. The highest BCUT2D eigenvalue weighted by atomic mass is 32.2. The van der Waals surface area contributed by atoms with Crippen molar-refractivity contribution < 1.29 is 23.1 Å². The lowest BCUT2D eigenvalue weighted by Crippen LogP contribution is -2.50. The molecule has 2 unspecified atom stereocenters. The molecular formula is C14H25NO5S. The van der Waals surface area contributed by atoms with Crippen LogP contribution in [0.3, 0.4) is 0 Å². The Balaban J connectivity index is 2.22. The fraction of sp³-hybridized carbons (Fsp3) is 0.929. The summed E-state index contributed by atoms with van der Waals surface area (Å²) in [5.74, 6) is -1.73. The van der Waals surface area contributed by atoms with Crippen LogP contribution in [0.15, 0.2) is 0 Å². The summed E-state index contributed by atoms with van der Waals surface area (Å²) in [6, 6.07) is -0.561. The van der Waals surface area contributed by atoms with Crippen molar-refractivity contribution in [2.24, 2.45) is 5.92 Å². The maximum Gasteiger partial charge on any atom is 0.310 e. The molecule has 1 saturated carbocycles. The Morgan fingerprint density at radius 2 is 1.90 bits per heavy atom. The molecule has 0 radical (unpaired) electrons. The standard InChI is InChI=1S/C14H25NO5S/c1-2-8-15(13-10-20-9-12(13)14(16)17)21(18,19)11-6-4-3-5-7-11/h11-13H,2-10H2,1H3,(H,16,17). The first-order valence-corrected chi connectivity index (χ1v) is 9.30. The summed E-state index contributed by atoms with van der Waals surface area (Å²) in [6.45, 7) is 2.56. The van der Waals surface area contributed by atoms with E-state index in [2.05, 4.69) is 0 Å². The second kappa shape index (κ2) is 7.07. The number of hydrogen-bond acceptors (Lipinski definition) is 4. The van der Waals surface area contributed by atoms with E-state index < -0.39 is 28.0 Å². The summed E-state index contributed by atoms with van der Waals surface area (Å²) in [7, 11) is -3.45.